The highest BCUT2D eigenvalue weighted by Gasteiger charge is 2.22. The highest BCUT2D eigenvalue weighted by Crippen LogP contribution is 2.30. The lowest BCUT2D eigenvalue weighted by atomic mass is 10.1. The first-order valence-corrected chi connectivity index (χ1v) is 12.3. The quantitative estimate of drug-likeness (QED) is 0.515. The van der Waals surface area contributed by atoms with Crippen LogP contribution in [0.15, 0.2) is 59.3 Å². The summed E-state index contributed by atoms with van der Waals surface area (Å²) in [5, 5.41) is 9.54. The minimum atomic E-state index is -4.12. The van der Waals surface area contributed by atoms with Crippen LogP contribution in [0, 0.1) is 0 Å². The van der Waals surface area contributed by atoms with Gasteiger partial charge in [-0.05, 0) is 29.8 Å². The molecule has 1 fully saturated rings. The SMILES string of the molecule is CN1CCN(c2cc3c(S(N)(=O)=O)cc(NC(=O)Cc4ccccc4Cl)cc3cn2)CC1=C=O. The number of carbonyl (C=O) groups is 1. The van der Waals surface area contributed by atoms with Crippen LogP contribution in [-0.2, 0) is 26.0 Å². The summed E-state index contributed by atoms with van der Waals surface area (Å²) in [4.78, 5) is 31.8. The number of amides is 1. The van der Waals surface area contributed by atoms with E-state index in [1.807, 2.05) is 22.8 Å². The lowest BCUT2D eigenvalue weighted by molar-refractivity contribution is -0.115. The highest BCUT2D eigenvalue weighted by molar-refractivity contribution is 7.89. The van der Waals surface area contributed by atoms with Crippen LogP contribution in [0.1, 0.15) is 5.56 Å². The molecular formula is C23H22ClN5O4S. The number of likely N-dealkylation sites (N-methyl/N-ethyl adjacent to an activating group) is 1. The van der Waals surface area contributed by atoms with Crippen molar-refractivity contribution >= 4 is 55.8 Å². The molecule has 0 atom stereocenters. The van der Waals surface area contributed by atoms with E-state index in [1.165, 1.54) is 12.3 Å². The third-order valence-electron chi connectivity index (χ3n) is 5.63. The lowest BCUT2D eigenvalue weighted by Crippen LogP contribution is -2.43. The average molecular weight is 500 g/mol. The topological polar surface area (TPSA) is 126 Å². The molecule has 3 aromatic rings. The summed E-state index contributed by atoms with van der Waals surface area (Å²) in [5.41, 5.74) is 1.40. The van der Waals surface area contributed by atoms with Gasteiger partial charge >= 0.3 is 0 Å². The van der Waals surface area contributed by atoms with E-state index >= 15 is 0 Å². The second-order valence-electron chi connectivity index (χ2n) is 7.99. The van der Waals surface area contributed by atoms with Crippen molar-refractivity contribution in [2.45, 2.75) is 11.3 Å². The number of sulfonamides is 1. The lowest BCUT2D eigenvalue weighted by Gasteiger charge is -2.34. The summed E-state index contributed by atoms with van der Waals surface area (Å²) in [6.45, 7) is 1.50. The van der Waals surface area contributed by atoms with Gasteiger partial charge in [-0.3, -0.25) is 4.79 Å². The van der Waals surface area contributed by atoms with Crippen LogP contribution in [0.25, 0.3) is 10.8 Å². The van der Waals surface area contributed by atoms with Crippen molar-refractivity contribution < 1.29 is 18.0 Å². The molecule has 1 amide bonds. The van der Waals surface area contributed by atoms with Crippen molar-refractivity contribution in [3.63, 3.8) is 0 Å². The molecule has 11 heteroatoms. The minimum absolute atomic E-state index is 0.0234. The van der Waals surface area contributed by atoms with Crippen molar-refractivity contribution in [3.8, 4) is 0 Å². The number of primary sulfonamides is 1. The van der Waals surface area contributed by atoms with Crippen LogP contribution < -0.4 is 15.4 Å². The summed E-state index contributed by atoms with van der Waals surface area (Å²) in [6.07, 6.45) is 1.54. The number of halogens is 1. The number of rotatable bonds is 5. The van der Waals surface area contributed by atoms with Crippen LogP contribution >= 0.6 is 11.6 Å². The Morgan fingerprint density at radius 2 is 2.00 bits per heavy atom. The standard InChI is InChI=1S/C23H22ClN5O4S/c1-28-6-7-29(13-18(28)14-30)22-11-19-16(12-26-22)8-17(10-21(19)34(25,32)33)27-23(31)9-15-4-2-3-5-20(15)24/h2-5,8,10-12H,6-7,9,13H2,1H3,(H,27,31)(H2,25,32,33). The van der Waals surface area contributed by atoms with Crippen molar-refractivity contribution in [3.05, 3.63) is 64.9 Å². The van der Waals surface area contributed by atoms with Gasteiger partial charge in [0.2, 0.25) is 15.9 Å². The van der Waals surface area contributed by atoms with E-state index in [0.717, 1.165) is 0 Å². The van der Waals surface area contributed by atoms with Crippen molar-refractivity contribution in [1.82, 2.24) is 9.88 Å². The Bertz CT molecular complexity index is 1440. The molecule has 1 aromatic heterocycles. The first kappa shape index (κ1) is 23.7. The van der Waals surface area contributed by atoms with E-state index in [1.54, 1.807) is 36.4 Å². The zero-order valence-electron chi connectivity index (χ0n) is 18.3. The number of hydrogen-bond acceptors (Lipinski definition) is 7. The average Bonchev–Trinajstić information content (AvgIpc) is 2.79. The molecule has 1 aliphatic rings. The second-order valence-corrected chi connectivity index (χ2v) is 9.93. The second kappa shape index (κ2) is 9.44. The van der Waals surface area contributed by atoms with Crippen molar-refractivity contribution in [2.75, 3.05) is 36.9 Å². The van der Waals surface area contributed by atoms with Gasteiger partial charge in [-0.1, -0.05) is 29.8 Å². The van der Waals surface area contributed by atoms with Crippen molar-refractivity contribution in [1.29, 1.82) is 0 Å². The number of pyridine rings is 1. The van der Waals surface area contributed by atoms with Crippen LogP contribution in [-0.4, -0.2) is 56.8 Å². The maximum absolute atomic E-state index is 12.6. The molecule has 9 nitrogen and oxygen atoms in total. The number of benzene rings is 2. The van der Waals surface area contributed by atoms with E-state index in [0.29, 0.717) is 52.5 Å². The zero-order chi connectivity index (χ0) is 24.5. The number of nitrogens with one attached hydrogen (secondary N) is 1. The van der Waals surface area contributed by atoms with E-state index < -0.39 is 10.0 Å². The molecule has 0 spiro atoms. The Labute approximate surface area is 201 Å². The van der Waals surface area contributed by atoms with Crippen LogP contribution in [0.2, 0.25) is 5.02 Å². The fraction of sp³-hybridized carbons (Fsp3) is 0.217. The number of fused-ring (bicyclic) bond motifs is 1. The smallest absolute Gasteiger partial charge is 0.238 e. The molecule has 4 rings (SSSR count). The minimum Gasteiger partial charge on any atom is -0.366 e. The summed E-state index contributed by atoms with van der Waals surface area (Å²) in [6, 6.07) is 11.6. The maximum Gasteiger partial charge on any atom is 0.238 e. The normalized spacial score (nSPS) is 14.3. The van der Waals surface area contributed by atoms with E-state index in [4.69, 9.17) is 16.7 Å². The largest absolute Gasteiger partial charge is 0.366 e. The molecule has 0 unspecified atom stereocenters. The van der Waals surface area contributed by atoms with E-state index in [9.17, 15) is 18.0 Å². The number of hydrogen-bond donors (Lipinski definition) is 2. The number of aromatic nitrogens is 1. The van der Waals surface area contributed by atoms with Gasteiger partial charge in [0.25, 0.3) is 0 Å². The van der Waals surface area contributed by atoms with Gasteiger partial charge in [0, 0.05) is 47.8 Å². The third-order valence-corrected chi connectivity index (χ3v) is 6.95. The van der Waals surface area contributed by atoms with Gasteiger partial charge in [-0.15, -0.1) is 0 Å². The van der Waals surface area contributed by atoms with Gasteiger partial charge in [-0.25, -0.2) is 23.3 Å². The molecule has 0 aliphatic carbocycles. The van der Waals surface area contributed by atoms with Crippen molar-refractivity contribution in [2.24, 2.45) is 5.14 Å². The molecule has 0 radical (unpaired) electrons. The zero-order valence-corrected chi connectivity index (χ0v) is 19.9. The molecule has 1 aliphatic heterocycles. The summed E-state index contributed by atoms with van der Waals surface area (Å²) < 4.78 is 24.8. The summed E-state index contributed by atoms with van der Waals surface area (Å²) in [7, 11) is -2.31. The monoisotopic (exact) mass is 499 g/mol. The van der Waals surface area contributed by atoms with Gasteiger partial charge in [0.1, 0.15) is 17.5 Å². The van der Waals surface area contributed by atoms with Crippen LogP contribution in [0.3, 0.4) is 0 Å². The van der Waals surface area contributed by atoms with Crippen LogP contribution in [0.5, 0.6) is 0 Å². The Hall–Kier alpha value is -3.43. The van der Waals surface area contributed by atoms with E-state index in [2.05, 4.69) is 10.3 Å². The van der Waals surface area contributed by atoms with Gasteiger partial charge in [0.05, 0.1) is 17.9 Å². The fourth-order valence-corrected chi connectivity index (χ4v) is 4.78. The molecule has 1 saturated heterocycles. The maximum atomic E-state index is 12.6. The Balaban J connectivity index is 1.67. The Morgan fingerprint density at radius 1 is 1.24 bits per heavy atom. The van der Waals surface area contributed by atoms with E-state index in [-0.39, 0.29) is 22.9 Å². The molecule has 2 heterocycles. The number of piperazine rings is 1. The van der Waals surface area contributed by atoms with Gasteiger partial charge in [0.15, 0.2) is 0 Å². The number of nitrogens with zero attached hydrogens (tertiary/aromatic N) is 3. The van der Waals surface area contributed by atoms with Gasteiger partial charge < -0.3 is 15.1 Å². The number of nitrogens with two attached hydrogens (primary N) is 1. The number of anilines is 2. The van der Waals surface area contributed by atoms with Gasteiger partial charge in [-0.2, -0.15) is 0 Å². The van der Waals surface area contributed by atoms with Crippen LogP contribution in [0.4, 0.5) is 11.5 Å². The highest BCUT2D eigenvalue weighted by atomic mass is 35.5. The molecule has 3 N–H and O–H groups in total. The predicted octanol–water partition coefficient (Wildman–Crippen LogP) is 2.18. The molecule has 2 aromatic carbocycles. The molecule has 0 bridgehead atoms. The Morgan fingerprint density at radius 3 is 2.71 bits per heavy atom. The summed E-state index contributed by atoms with van der Waals surface area (Å²) >= 11 is 6.13. The first-order valence-electron chi connectivity index (χ1n) is 10.4. The first-order chi connectivity index (χ1) is 16.2. The molecule has 34 heavy (non-hydrogen) atoms. The molecular weight excluding hydrogens is 478 g/mol. The fourth-order valence-electron chi connectivity index (χ4n) is 3.80. The summed E-state index contributed by atoms with van der Waals surface area (Å²) in [5.74, 6) is 2.08. The number of carbonyl (C=O) groups excluding carboxylic acids is 2. The predicted molar refractivity (Wildman–Crippen MR) is 131 cm³/mol. The Kier molecular flexibility index (Phi) is 6.58. The molecule has 0 saturated carbocycles. The molecule has 176 valence electrons. The third kappa shape index (κ3) is 5.05.